The lowest BCUT2D eigenvalue weighted by Crippen LogP contribution is -2.19. The fourth-order valence-corrected chi connectivity index (χ4v) is 1.37. The molecular weight excluding hydrogens is 204 g/mol. The van der Waals surface area contributed by atoms with Crippen LogP contribution < -0.4 is 10.2 Å². The highest BCUT2D eigenvalue weighted by Gasteiger charge is 2.09. The Kier molecular flexibility index (Phi) is 5.25. The molecule has 1 N–H and O–H groups in total. The van der Waals surface area contributed by atoms with E-state index >= 15 is 0 Å². The Bertz CT molecular complexity index is 298. The minimum atomic E-state index is 0.600. The predicted octanol–water partition coefficient (Wildman–Crippen LogP) is 1.66. The highest BCUT2D eigenvalue weighted by molar-refractivity contribution is 5.21. The van der Waals surface area contributed by atoms with Crippen molar-refractivity contribution in [2.24, 2.45) is 5.92 Å². The maximum absolute atomic E-state index is 5.52. The van der Waals surface area contributed by atoms with E-state index < -0.39 is 0 Å². The minimum absolute atomic E-state index is 0.600. The first-order chi connectivity index (χ1) is 7.63. The summed E-state index contributed by atoms with van der Waals surface area (Å²) in [7, 11) is 1.96. The number of aromatic nitrogens is 2. The van der Waals surface area contributed by atoms with Crippen molar-refractivity contribution in [2.75, 3.05) is 25.0 Å². The average molecular weight is 226 g/mol. The van der Waals surface area contributed by atoms with Gasteiger partial charge in [0.2, 0.25) is 5.89 Å². The summed E-state index contributed by atoms with van der Waals surface area (Å²) in [6.45, 7) is 9.00. The summed E-state index contributed by atoms with van der Waals surface area (Å²) < 4.78 is 5.52. The SMILES string of the molecule is CCCN(C)c1nnc(CNCC(C)C)o1. The van der Waals surface area contributed by atoms with Crippen molar-refractivity contribution >= 4 is 6.01 Å². The Morgan fingerprint density at radius 2 is 2.12 bits per heavy atom. The second kappa shape index (κ2) is 6.48. The first-order valence-electron chi connectivity index (χ1n) is 5.87. The molecule has 0 amide bonds. The highest BCUT2D eigenvalue weighted by atomic mass is 16.4. The zero-order chi connectivity index (χ0) is 12.0. The minimum Gasteiger partial charge on any atom is -0.407 e. The van der Waals surface area contributed by atoms with Crippen molar-refractivity contribution in [3.8, 4) is 0 Å². The van der Waals surface area contributed by atoms with Gasteiger partial charge in [-0.3, -0.25) is 0 Å². The molecule has 0 aliphatic heterocycles. The molecule has 0 atom stereocenters. The molecule has 1 heterocycles. The average Bonchev–Trinajstić information content (AvgIpc) is 2.66. The third kappa shape index (κ3) is 4.18. The number of rotatable bonds is 7. The van der Waals surface area contributed by atoms with Crippen LogP contribution in [-0.2, 0) is 6.54 Å². The van der Waals surface area contributed by atoms with E-state index in [2.05, 4.69) is 36.3 Å². The van der Waals surface area contributed by atoms with E-state index in [9.17, 15) is 0 Å². The van der Waals surface area contributed by atoms with Crippen molar-refractivity contribution in [3.63, 3.8) is 0 Å². The summed E-state index contributed by atoms with van der Waals surface area (Å²) in [6.07, 6.45) is 1.07. The molecule has 0 unspecified atom stereocenters. The third-order valence-electron chi connectivity index (χ3n) is 2.17. The molecule has 0 aliphatic carbocycles. The number of nitrogens with one attached hydrogen (secondary N) is 1. The summed E-state index contributed by atoms with van der Waals surface area (Å²) in [6, 6.07) is 0.600. The van der Waals surface area contributed by atoms with E-state index in [4.69, 9.17) is 4.42 Å². The van der Waals surface area contributed by atoms with Crippen LogP contribution in [0.1, 0.15) is 33.1 Å². The number of anilines is 1. The summed E-state index contributed by atoms with van der Waals surface area (Å²) >= 11 is 0. The molecule has 1 aromatic heterocycles. The van der Waals surface area contributed by atoms with Gasteiger partial charge in [-0.2, -0.15) is 0 Å². The second-order valence-corrected chi connectivity index (χ2v) is 4.42. The lowest BCUT2D eigenvalue weighted by atomic mass is 10.2. The van der Waals surface area contributed by atoms with Gasteiger partial charge in [0, 0.05) is 13.6 Å². The van der Waals surface area contributed by atoms with Gasteiger partial charge in [0.25, 0.3) is 0 Å². The lowest BCUT2D eigenvalue weighted by Gasteiger charge is -2.11. The normalized spacial score (nSPS) is 11.1. The summed E-state index contributed by atoms with van der Waals surface area (Å²) in [5.41, 5.74) is 0. The first kappa shape index (κ1) is 13.0. The van der Waals surface area contributed by atoms with Gasteiger partial charge < -0.3 is 14.6 Å². The van der Waals surface area contributed by atoms with Crippen molar-refractivity contribution < 1.29 is 4.42 Å². The van der Waals surface area contributed by atoms with E-state index in [1.165, 1.54) is 0 Å². The topological polar surface area (TPSA) is 54.2 Å². The Morgan fingerprint density at radius 3 is 2.75 bits per heavy atom. The molecule has 1 aromatic rings. The fraction of sp³-hybridized carbons (Fsp3) is 0.818. The lowest BCUT2D eigenvalue weighted by molar-refractivity contribution is 0.450. The van der Waals surface area contributed by atoms with Crippen LogP contribution in [0.25, 0.3) is 0 Å². The van der Waals surface area contributed by atoms with Crippen LogP contribution in [0.2, 0.25) is 0 Å². The third-order valence-corrected chi connectivity index (χ3v) is 2.17. The number of nitrogens with zero attached hydrogens (tertiary/aromatic N) is 3. The quantitative estimate of drug-likeness (QED) is 0.766. The summed E-state index contributed by atoms with van der Waals surface area (Å²) in [5.74, 6) is 1.28. The second-order valence-electron chi connectivity index (χ2n) is 4.42. The Balaban J connectivity index is 2.39. The molecule has 0 saturated carbocycles. The van der Waals surface area contributed by atoms with Crippen LogP contribution in [0.4, 0.5) is 6.01 Å². The van der Waals surface area contributed by atoms with Crippen LogP contribution in [0.15, 0.2) is 4.42 Å². The molecule has 0 spiro atoms. The van der Waals surface area contributed by atoms with E-state index in [1.54, 1.807) is 0 Å². The number of hydrogen-bond donors (Lipinski definition) is 1. The van der Waals surface area contributed by atoms with Crippen LogP contribution in [0.5, 0.6) is 0 Å². The molecule has 0 saturated heterocycles. The first-order valence-corrected chi connectivity index (χ1v) is 5.87. The van der Waals surface area contributed by atoms with Gasteiger partial charge >= 0.3 is 6.01 Å². The standard InChI is InChI=1S/C11H22N4O/c1-5-6-15(4)11-14-13-10(16-11)8-12-7-9(2)3/h9,12H,5-8H2,1-4H3. The summed E-state index contributed by atoms with van der Waals surface area (Å²) in [5, 5.41) is 11.3. The van der Waals surface area contributed by atoms with Gasteiger partial charge in [-0.05, 0) is 18.9 Å². The Morgan fingerprint density at radius 1 is 1.38 bits per heavy atom. The van der Waals surface area contributed by atoms with Crippen molar-refractivity contribution in [1.82, 2.24) is 15.5 Å². The van der Waals surface area contributed by atoms with Gasteiger partial charge in [-0.25, -0.2) is 0 Å². The van der Waals surface area contributed by atoms with Crippen LogP contribution in [-0.4, -0.2) is 30.3 Å². The van der Waals surface area contributed by atoms with Crippen molar-refractivity contribution in [1.29, 1.82) is 0 Å². The van der Waals surface area contributed by atoms with Crippen LogP contribution in [0.3, 0.4) is 0 Å². The van der Waals surface area contributed by atoms with Gasteiger partial charge in [-0.1, -0.05) is 25.9 Å². The van der Waals surface area contributed by atoms with Crippen molar-refractivity contribution in [3.05, 3.63) is 5.89 Å². The molecule has 0 aromatic carbocycles. The predicted molar refractivity (Wildman–Crippen MR) is 64.4 cm³/mol. The van der Waals surface area contributed by atoms with Gasteiger partial charge in [0.15, 0.2) is 0 Å². The molecule has 0 radical (unpaired) electrons. The van der Waals surface area contributed by atoms with E-state index in [-0.39, 0.29) is 0 Å². The fourth-order valence-electron chi connectivity index (χ4n) is 1.37. The molecule has 5 nitrogen and oxygen atoms in total. The van der Waals surface area contributed by atoms with Crippen molar-refractivity contribution in [2.45, 2.75) is 33.7 Å². The highest BCUT2D eigenvalue weighted by Crippen LogP contribution is 2.10. The zero-order valence-electron chi connectivity index (χ0n) is 10.7. The molecule has 5 heteroatoms. The monoisotopic (exact) mass is 226 g/mol. The van der Waals surface area contributed by atoms with Crippen LogP contribution in [0, 0.1) is 5.92 Å². The number of hydrogen-bond acceptors (Lipinski definition) is 5. The van der Waals surface area contributed by atoms with E-state index in [1.807, 2.05) is 11.9 Å². The molecule has 16 heavy (non-hydrogen) atoms. The van der Waals surface area contributed by atoms with Gasteiger partial charge in [-0.15, -0.1) is 5.10 Å². The molecule has 0 bridgehead atoms. The Hall–Kier alpha value is -1.10. The molecule has 0 fully saturated rings. The maximum Gasteiger partial charge on any atom is 0.317 e. The molecule has 92 valence electrons. The Labute approximate surface area is 97.2 Å². The van der Waals surface area contributed by atoms with E-state index in [0.717, 1.165) is 19.5 Å². The maximum atomic E-state index is 5.52. The molecule has 0 aliphatic rings. The molecule has 1 rings (SSSR count). The zero-order valence-corrected chi connectivity index (χ0v) is 10.7. The molecular formula is C11H22N4O. The van der Waals surface area contributed by atoms with Gasteiger partial charge in [0.1, 0.15) is 0 Å². The van der Waals surface area contributed by atoms with Gasteiger partial charge in [0.05, 0.1) is 6.54 Å². The largest absolute Gasteiger partial charge is 0.407 e. The summed E-state index contributed by atoms with van der Waals surface area (Å²) in [4.78, 5) is 1.97. The smallest absolute Gasteiger partial charge is 0.317 e. The van der Waals surface area contributed by atoms with E-state index in [0.29, 0.717) is 24.4 Å². The van der Waals surface area contributed by atoms with Crippen LogP contribution >= 0.6 is 0 Å².